The third-order valence-electron chi connectivity index (χ3n) is 4.54. The molecule has 0 amide bonds. The molecule has 7 nitrogen and oxygen atoms in total. The molecule has 0 spiro atoms. The average Bonchev–Trinajstić information content (AvgIpc) is 3.12. The van der Waals surface area contributed by atoms with Crippen LogP contribution >= 0.6 is 0 Å². The second-order valence-electron chi connectivity index (χ2n) is 6.67. The van der Waals surface area contributed by atoms with Crippen molar-refractivity contribution >= 4 is 26.6 Å². The summed E-state index contributed by atoms with van der Waals surface area (Å²) < 4.78 is 34.2. The fourth-order valence-electron chi connectivity index (χ4n) is 3.46. The van der Waals surface area contributed by atoms with E-state index in [1.54, 1.807) is 31.2 Å². The average molecular weight is 397 g/mol. The summed E-state index contributed by atoms with van der Waals surface area (Å²) in [5, 5.41) is 14.5. The van der Waals surface area contributed by atoms with Gasteiger partial charge in [0.1, 0.15) is 11.5 Å². The second-order valence-corrected chi connectivity index (χ2v) is 8.41. The molecule has 8 heteroatoms. The van der Waals surface area contributed by atoms with Crippen LogP contribution in [0.4, 0.5) is 5.69 Å². The van der Waals surface area contributed by atoms with Crippen molar-refractivity contribution in [3.05, 3.63) is 60.0 Å². The summed E-state index contributed by atoms with van der Waals surface area (Å²) in [4.78, 5) is 0. The first-order valence-electron chi connectivity index (χ1n) is 8.60. The lowest BCUT2D eigenvalue weighted by molar-refractivity contribution is 0.393. The highest BCUT2D eigenvalue weighted by molar-refractivity contribution is 7.92. The number of phenolic OH excluding ortho intramolecular Hbond substituents is 1. The summed E-state index contributed by atoms with van der Waals surface area (Å²) in [6.45, 7) is 3.60. The second kappa shape index (κ2) is 6.42. The smallest absolute Gasteiger partial charge is 0.229 e. The molecule has 0 bridgehead atoms. The standard InChI is InChI=1S/C20H19N3O4S/c1-12-18(13(2)27-21-12)20-19(22-28(3,25)26)16-6-4-5-7-17(16)23(20)14-8-10-15(24)11-9-14/h4-11,22,24H,1-3H3. The highest BCUT2D eigenvalue weighted by Gasteiger charge is 2.26. The van der Waals surface area contributed by atoms with Crippen molar-refractivity contribution in [2.45, 2.75) is 13.8 Å². The number of fused-ring (bicyclic) bond motifs is 1. The normalized spacial score (nSPS) is 11.8. The predicted molar refractivity (Wildman–Crippen MR) is 108 cm³/mol. The van der Waals surface area contributed by atoms with Crippen molar-refractivity contribution in [2.24, 2.45) is 0 Å². The number of para-hydroxylation sites is 1. The van der Waals surface area contributed by atoms with E-state index in [-0.39, 0.29) is 5.75 Å². The molecule has 2 aromatic heterocycles. The summed E-state index contributed by atoms with van der Waals surface area (Å²) in [5.41, 5.74) is 4.04. The van der Waals surface area contributed by atoms with Crippen molar-refractivity contribution in [1.29, 1.82) is 0 Å². The maximum absolute atomic E-state index is 12.1. The van der Waals surface area contributed by atoms with E-state index >= 15 is 0 Å². The molecule has 0 aliphatic heterocycles. The van der Waals surface area contributed by atoms with Gasteiger partial charge in [0.15, 0.2) is 0 Å². The minimum absolute atomic E-state index is 0.147. The zero-order valence-electron chi connectivity index (χ0n) is 15.6. The Morgan fingerprint density at radius 1 is 1.07 bits per heavy atom. The minimum Gasteiger partial charge on any atom is -0.508 e. The van der Waals surface area contributed by atoms with Crippen LogP contribution in [0.1, 0.15) is 11.5 Å². The number of benzene rings is 2. The summed E-state index contributed by atoms with van der Waals surface area (Å²) in [5.74, 6) is 0.727. The van der Waals surface area contributed by atoms with Crippen LogP contribution in [0.2, 0.25) is 0 Å². The van der Waals surface area contributed by atoms with Crippen molar-refractivity contribution in [3.63, 3.8) is 0 Å². The number of phenols is 1. The Morgan fingerprint density at radius 2 is 1.75 bits per heavy atom. The van der Waals surface area contributed by atoms with Crippen LogP contribution in [0.3, 0.4) is 0 Å². The van der Waals surface area contributed by atoms with Gasteiger partial charge < -0.3 is 14.2 Å². The highest BCUT2D eigenvalue weighted by Crippen LogP contribution is 2.43. The molecule has 4 rings (SSSR count). The van der Waals surface area contributed by atoms with E-state index in [1.165, 1.54) is 0 Å². The number of nitrogens with zero attached hydrogens (tertiary/aromatic N) is 2. The molecule has 0 atom stereocenters. The zero-order chi connectivity index (χ0) is 20.1. The summed E-state index contributed by atoms with van der Waals surface area (Å²) in [7, 11) is -3.54. The van der Waals surface area contributed by atoms with E-state index in [2.05, 4.69) is 9.88 Å². The summed E-state index contributed by atoms with van der Waals surface area (Å²) in [6, 6.07) is 14.2. The van der Waals surface area contributed by atoms with Crippen LogP contribution in [0, 0.1) is 13.8 Å². The third kappa shape index (κ3) is 3.01. The highest BCUT2D eigenvalue weighted by atomic mass is 32.2. The monoisotopic (exact) mass is 397 g/mol. The molecule has 144 valence electrons. The molecular weight excluding hydrogens is 378 g/mol. The first kappa shape index (κ1) is 18.1. The van der Waals surface area contributed by atoms with Crippen LogP contribution in [0.5, 0.6) is 5.75 Å². The Bertz CT molecular complexity index is 1270. The van der Waals surface area contributed by atoms with Crippen molar-refractivity contribution in [2.75, 3.05) is 11.0 Å². The first-order chi connectivity index (χ1) is 13.3. The number of aromatic nitrogens is 2. The van der Waals surface area contributed by atoms with E-state index < -0.39 is 10.0 Å². The SMILES string of the molecule is Cc1noc(C)c1-c1c(NS(C)(=O)=O)c2ccccc2n1-c1ccc(O)cc1. The molecule has 4 aromatic rings. The fourth-order valence-corrected chi connectivity index (χ4v) is 4.03. The van der Waals surface area contributed by atoms with Crippen LogP contribution in [-0.4, -0.2) is 29.5 Å². The quantitative estimate of drug-likeness (QED) is 0.543. The molecule has 0 unspecified atom stereocenters. The predicted octanol–water partition coefficient (Wildman–Crippen LogP) is 3.98. The Balaban J connectivity index is 2.18. The van der Waals surface area contributed by atoms with Gasteiger partial charge in [0, 0.05) is 11.1 Å². The van der Waals surface area contributed by atoms with Gasteiger partial charge in [0.2, 0.25) is 10.0 Å². The zero-order valence-corrected chi connectivity index (χ0v) is 16.4. The molecule has 0 aliphatic rings. The number of aryl methyl sites for hydroxylation is 2. The lowest BCUT2D eigenvalue weighted by Gasteiger charge is -2.13. The van der Waals surface area contributed by atoms with Gasteiger partial charge in [-0.05, 0) is 44.2 Å². The Hall–Kier alpha value is -3.26. The van der Waals surface area contributed by atoms with E-state index in [1.807, 2.05) is 35.8 Å². The molecule has 28 heavy (non-hydrogen) atoms. The number of anilines is 1. The molecule has 2 heterocycles. The van der Waals surface area contributed by atoms with Crippen LogP contribution in [0.15, 0.2) is 53.1 Å². The van der Waals surface area contributed by atoms with Gasteiger partial charge in [-0.2, -0.15) is 0 Å². The maximum atomic E-state index is 12.1. The third-order valence-corrected chi connectivity index (χ3v) is 5.12. The van der Waals surface area contributed by atoms with Crippen LogP contribution < -0.4 is 4.72 Å². The van der Waals surface area contributed by atoms with Crippen molar-refractivity contribution in [3.8, 4) is 22.7 Å². The number of hydrogen-bond donors (Lipinski definition) is 2. The van der Waals surface area contributed by atoms with Gasteiger partial charge in [-0.25, -0.2) is 8.42 Å². The van der Waals surface area contributed by atoms with Gasteiger partial charge in [-0.1, -0.05) is 23.4 Å². The number of aromatic hydroxyl groups is 1. The van der Waals surface area contributed by atoms with Gasteiger partial charge in [-0.3, -0.25) is 4.72 Å². The number of nitrogens with one attached hydrogen (secondary N) is 1. The van der Waals surface area contributed by atoms with Crippen molar-refractivity contribution < 1.29 is 18.0 Å². The number of rotatable bonds is 4. The number of hydrogen-bond acceptors (Lipinski definition) is 5. The van der Waals surface area contributed by atoms with E-state index in [0.29, 0.717) is 22.8 Å². The summed E-state index contributed by atoms with van der Waals surface area (Å²) in [6.07, 6.45) is 1.12. The van der Waals surface area contributed by atoms with Gasteiger partial charge in [0.05, 0.1) is 34.4 Å². The van der Waals surface area contributed by atoms with Crippen LogP contribution in [0.25, 0.3) is 27.8 Å². The molecular formula is C20H19N3O4S. The van der Waals surface area contributed by atoms with Gasteiger partial charge in [0.25, 0.3) is 0 Å². The van der Waals surface area contributed by atoms with E-state index in [9.17, 15) is 13.5 Å². The minimum atomic E-state index is -3.54. The Kier molecular flexibility index (Phi) is 4.15. The summed E-state index contributed by atoms with van der Waals surface area (Å²) >= 11 is 0. The largest absolute Gasteiger partial charge is 0.508 e. The Morgan fingerprint density at radius 3 is 2.36 bits per heavy atom. The van der Waals surface area contributed by atoms with Crippen molar-refractivity contribution in [1.82, 2.24) is 9.72 Å². The molecule has 0 radical (unpaired) electrons. The molecule has 2 aromatic carbocycles. The Labute approximate surface area is 162 Å². The van der Waals surface area contributed by atoms with Gasteiger partial charge in [-0.15, -0.1) is 0 Å². The molecule has 0 saturated carbocycles. The molecule has 0 aliphatic carbocycles. The van der Waals surface area contributed by atoms with Gasteiger partial charge >= 0.3 is 0 Å². The topological polar surface area (TPSA) is 97.4 Å². The van der Waals surface area contributed by atoms with E-state index in [4.69, 9.17) is 4.52 Å². The number of sulfonamides is 1. The lowest BCUT2D eigenvalue weighted by atomic mass is 10.1. The fraction of sp³-hybridized carbons (Fsp3) is 0.150. The molecule has 0 saturated heterocycles. The maximum Gasteiger partial charge on any atom is 0.229 e. The van der Waals surface area contributed by atoms with Crippen LogP contribution in [-0.2, 0) is 10.0 Å². The van der Waals surface area contributed by atoms with E-state index in [0.717, 1.165) is 28.4 Å². The molecule has 0 fully saturated rings. The molecule has 2 N–H and O–H groups in total. The lowest BCUT2D eigenvalue weighted by Crippen LogP contribution is -2.11. The first-order valence-corrected chi connectivity index (χ1v) is 10.5.